The Kier molecular flexibility index (Phi) is 5.68. The maximum absolute atomic E-state index is 13.2. The maximum atomic E-state index is 13.2. The van der Waals surface area contributed by atoms with Gasteiger partial charge in [-0.3, -0.25) is 4.57 Å². The SMILES string of the molecule is COc1nc(-n2cc(S(N)(=O)=O)c3cccc(-c4ncc5n4CCC5)c32)nc(OC)c1CC(F)F. The molecule has 2 N–H and O–H groups in total. The van der Waals surface area contributed by atoms with E-state index in [1.54, 1.807) is 18.3 Å². The first-order chi connectivity index (χ1) is 16.7. The van der Waals surface area contributed by atoms with E-state index in [-0.39, 0.29) is 28.2 Å². The van der Waals surface area contributed by atoms with Crippen LogP contribution in [-0.2, 0) is 29.4 Å². The van der Waals surface area contributed by atoms with Crippen LogP contribution in [-0.4, -0.2) is 53.1 Å². The highest BCUT2D eigenvalue weighted by Gasteiger charge is 2.27. The highest BCUT2D eigenvalue weighted by atomic mass is 32.2. The monoisotopic (exact) mass is 504 g/mol. The normalized spacial score (nSPS) is 13.5. The second-order valence-electron chi connectivity index (χ2n) is 8.05. The molecule has 0 atom stereocenters. The van der Waals surface area contributed by atoms with Crippen molar-refractivity contribution in [2.75, 3.05) is 14.2 Å². The molecule has 1 aromatic carbocycles. The number of sulfonamides is 1. The smallest absolute Gasteiger partial charge is 0.243 e. The zero-order chi connectivity index (χ0) is 24.9. The molecule has 0 amide bonds. The summed E-state index contributed by atoms with van der Waals surface area (Å²) in [6.45, 7) is 0.782. The standard InChI is InChI=1S/C22H22F2N6O4S/c1-33-20-15(9-17(23)24)21(34-2)28-22(27-20)30-11-16(35(25,31)32)13-6-3-7-14(18(13)30)19-26-10-12-5-4-8-29(12)19/h3,6-7,10-11,17H,4-5,8-9H2,1-2H3,(H2,25,31,32). The first-order valence-corrected chi connectivity index (χ1v) is 12.3. The van der Waals surface area contributed by atoms with E-state index in [1.165, 1.54) is 25.0 Å². The minimum atomic E-state index is -4.13. The number of nitrogens with two attached hydrogens (primary N) is 1. The Morgan fingerprint density at radius 2 is 1.89 bits per heavy atom. The van der Waals surface area contributed by atoms with Gasteiger partial charge in [-0.05, 0) is 18.9 Å². The highest BCUT2D eigenvalue weighted by molar-refractivity contribution is 7.89. The van der Waals surface area contributed by atoms with Crippen LogP contribution in [0.15, 0.2) is 35.5 Å². The van der Waals surface area contributed by atoms with Crippen molar-refractivity contribution in [3.05, 3.63) is 41.9 Å². The lowest BCUT2D eigenvalue weighted by Gasteiger charge is -2.15. The van der Waals surface area contributed by atoms with Crippen LogP contribution < -0.4 is 14.6 Å². The summed E-state index contributed by atoms with van der Waals surface area (Å²) in [5.74, 6) is 0.421. The molecule has 4 aromatic rings. The third kappa shape index (κ3) is 3.90. The minimum absolute atomic E-state index is 0.00295. The molecule has 4 heterocycles. The Labute approximate surface area is 199 Å². The average molecular weight is 505 g/mol. The van der Waals surface area contributed by atoms with Crippen LogP contribution >= 0.6 is 0 Å². The number of hydrogen-bond donors (Lipinski definition) is 1. The van der Waals surface area contributed by atoms with Gasteiger partial charge in [0.15, 0.2) is 0 Å². The van der Waals surface area contributed by atoms with Gasteiger partial charge < -0.3 is 14.0 Å². The summed E-state index contributed by atoms with van der Waals surface area (Å²) in [6.07, 6.45) is 1.63. The van der Waals surface area contributed by atoms with Gasteiger partial charge in [0.25, 0.3) is 0 Å². The number of ether oxygens (including phenoxy) is 2. The van der Waals surface area contributed by atoms with Gasteiger partial charge in [-0.2, -0.15) is 9.97 Å². The van der Waals surface area contributed by atoms with Crippen molar-refractivity contribution in [1.29, 1.82) is 0 Å². The molecular weight excluding hydrogens is 482 g/mol. The van der Waals surface area contributed by atoms with Crippen molar-refractivity contribution in [2.24, 2.45) is 5.14 Å². The molecule has 0 aliphatic carbocycles. The van der Waals surface area contributed by atoms with Gasteiger partial charge in [0.1, 0.15) is 10.7 Å². The summed E-state index contributed by atoms with van der Waals surface area (Å²) in [5, 5.41) is 5.87. The molecule has 0 unspecified atom stereocenters. The molecule has 0 spiro atoms. The molecule has 0 saturated heterocycles. The summed E-state index contributed by atoms with van der Waals surface area (Å²) in [4.78, 5) is 13.1. The van der Waals surface area contributed by atoms with Crippen LogP contribution in [0.2, 0.25) is 0 Å². The van der Waals surface area contributed by atoms with Crippen molar-refractivity contribution in [3.63, 3.8) is 0 Å². The van der Waals surface area contributed by atoms with Crippen LogP contribution in [0, 0.1) is 0 Å². The van der Waals surface area contributed by atoms with E-state index >= 15 is 0 Å². The van der Waals surface area contributed by atoms with Crippen LogP contribution in [0.5, 0.6) is 11.8 Å². The van der Waals surface area contributed by atoms with Gasteiger partial charge in [-0.1, -0.05) is 12.1 Å². The van der Waals surface area contributed by atoms with Crippen molar-refractivity contribution in [1.82, 2.24) is 24.1 Å². The number of benzene rings is 1. The number of alkyl halides is 2. The minimum Gasteiger partial charge on any atom is -0.481 e. The van der Waals surface area contributed by atoms with Gasteiger partial charge in [0.2, 0.25) is 34.2 Å². The molecule has 1 aliphatic heterocycles. The van der Waals surface area contributed by atoms with Crippen molar-refractivity contribution < 1.29 is 26.7 Å². The van der Waals surface area contributed by atoms with E-state index in [1.807, 2.05) is 6.07 Å². The number of halogens is 2. The number of hydrogen-bond acceptors (Lipinski definition) is 7. The number of primary sulfonamides is 1. The number of aromatic nitrogens is 5. The van der Waals surface area contributed by atoms with E-state index in [0.717, 1.165) is 25.1 Å². The Balaban J connectivity index is 1.83. The van der Waals surface area contributed by atoms with Crippen LogP contribution in [0.3, 0.4) is 0 Å². The summed E-state index contributed by atoms with van der Waals surface area (Å²) in [5.41, 5.74) is 2.17. The van der Waals surface area contributed by atoms with Crippen molar-refractivity contribution >= 4 is 20.9 Å². The molecule has 3 aromatic heterocycles. The van der Waals surface area contributed by atoms with E-state index in [4.69, 9.17) is 14.6 Å². The second-order valence-corrected chi connectivity index (χ2v) is 9.58. The number of aryl methyl sites for hydroxylation is 1. The lowest BCUT2D eigenvalue weighted by atomic mass is 10.1. The fourth-order valence-corrected chi connectivity index (χ4v) is 5.24. The first-order valence-electron chi connectivity index (χ1n) is 10.7. The third-order valence-corrected chi connectivity index (χ3v) is 6.91. The summed E-state index contributed by atoms with van der Waals surface area (Å²) < 4.78 is 65.3. The topological polar surface area (TPSA) is 127 Å². The molecule has 10 nitrogen and oxygen atoms in total. The van der Waals surface area contributed by atoms with Gasteiger partial charge in [-0.15, -0.1) is 0 Å². The Morgan fingerprint density at radius 3 is 2.51 bits per heavy atom. The average Bonchev–Trinajstić information content (AvgIpc) is 3.52. The quantitative estimate of drug-likeness (QED) is 0.410. The summed E-state index contributed by atoms with van der Waals surface area (Å²) in [6, 6.07) is 5.17. The molecular formula is C22H22F2N6O4S. The molecule has 35 heavy (non-hydrogen) atoms. The summed E-state index contributed by atoms with van der Waals surface area (Å²) >= 11 is 0. The summed E-state index contributed by atoms with van der Waals surface area (Å²) in [7, 11) is -1.54. The number of rotatable bonds is 7. The highest BCUT2D eigenvalue weighted by Crippen LogP contribution is 2.37. The predicted octanol–water partition coefficient (Wildman–Crippen LogP) is 2.70. The number of imidazole rings is 1. The first kappa shape index (κ1) is 23.2. The Hall–Kier alpha value is -3.58. The van der Waals surface area contributed by atoms with Crippen molar-refractivity contribution in [2.45, 2.75) is 37.1 Å². The molecule has 0 bridgehead atoms. The number of nitrogens with zero attached hydrogens (tertiary/aromatic N) is 5. The molecule has 184 valence electrons. The van der Waals surface area contributed by atoms with E-state index in [9.17, 15) is 17.2 Å². The number of fused-ring (bicyclic) bond motifs is 2. The van der Waals surface area contributed by atoms with Crippen LogP contribution in [0.25, 0.3) is 28.2 Å². The van der Waals surface area contributed by atoms with E-state index in [0.29, 0.717) is 22.3 Å². The molecule has 5 rings (SSSR count). The van der Waals surface area contributed by atoms with Crippen LogP contribution in [0.1, 0.15) is 17.7 Å². The molecule has 1 aliphatic rings. The van der Waals surface area contributed by atoms with Gasteiger partial charge >= 0.3 is 0 Å². The van der Waals surface area contributed by atoms with Crippen LogP contribution in [0.4, 0.5) is 8.78 Å². The number of methoxy groups -OCH3 is 2. The maximum Gasteiger partial charge on any atom is 0.243 e. The largest absolute Gasteiger partial charge is 0.481 e. The predicted molar refractivity (Wildman–Crippen MR) is 123 cm³/mol. The zero-order valence-electron chi connectivity index (χ0n) is 18.9. The van der Waals surface area contributed by atoms with Gasteiger partial charge in [0, 0.05) is 42.0 Å². The number of para-hydroxylation sites is 1. The van der Waals surface area contributed by atoms with E-state index in [2.05, 4.69) is 19.5 Å². The third-order valence-electron chi connectivity index (χ3n) is 5.97. The lowest BCUT2D eigenvalue weighted by Crippen LogP contribution is -2.12. The Bertz CT molecular complexity index is 1520. The van der Waals surface area contributed by atoms with E-state index < -0.39 is 22.9 Å². The van der Waals surface area contributed by atoms with Gasteiger partial charge in [-0.25, -0.2) is 27.3 Å². The molecule has 0 radical (unpaired) electrons. The molecule has 0 saturated carbocycles. The lowest BCUT2D eigenvalue weighted by molar-refractivity contribution is 0.146. The Morgan fingerprint density at radius 1 is 1.17 bits per heavy atom. The molecule has 0 fully saturated rings. The van der Waals surface area contributed by atoms with Crippen molar-refractivity contribution in [3.8, 4) is 29.1 Å². The second kappa shape index (κ2) is 8.57. The molecule has 13 heteroatoms. The van der Waals surface area contributed by atoms with Gasteiger partial charge in [0.05, 0.1) is 25.3 Å². The zero-order valence-corrected chi connectivity index (χ0v) is 19.7. The fourth-order valence-electron chi connectivity index (χ4n) is 4.52. The fraction of sp³-hybridized carbons (Fsp3) is 0.318.